The van der Waals surface area contributed by atoms with Crippen molar-refractivity contribution in [2.24, 2.45) is 5.41 Å². The predicted molar refractivity (Wildman–Crippen MR) is 78.9 cm³/mol. The van der Waals surface area contributed by atoms with Crippen molar-refractivity contribution >= 4 is 29.1 Å². The molecule has 0 radical (unpaired) electrons. The molecule has 0 unspecified atom stereocenters. The fraction of sp³-hybridized carbons (Fsp3) is 0.538. The second-order valence-electron chi connectivity index (χ2n) is 5.56. The molecule has 1 heterocycles. The molecule has 0 aliphatic carbocycles. The van der Waals surface area contributed by atoms with Gasteiger partial charge in [-0.15, -0.1) is 0 Å². The summed E-state index contributed by atoms with van der Waals surface area (Å²) in [6, 6.07) is 3.12. The van der Waals surface area contributed by atoms with Crippen LogP contribution >= 0.6 is 23.2 Å². The molecule has 1 aromatic rings. The van der Waals surface area contributed by atoms with Crippen molar-refractivity contribution in [3.8, 4) is 0 Å². The summed E-state index contributed by atoms with van der Waals surface area (Å²) in [5, 5.41) is 3.27. The molecule has 106 valence electrons. The number of carbonyl (C=O) groups excluding carboxylic acids is 1. The number of carbonyl (C=O) groups is 1. The van der Waals surface area contributed by atoms with Crippen molar-refractivity contribution in [3.63, 3.8) is 0 Å². The van der Waals surface area contributed by atoms with Gasteiger partial charge in [0.05, 0.1) is 5.56 Å². The van der Waals surface area contributed by atoms with Crippen LogP contribution in [0.3, 0.4) is 0 Å². The number of aromatic nitrogens is 1. The highest BCUT2D eigenvalue weighted by Crippen LogP contribution is 2.18. The molecule has 4 nitrogen and oxygen atoms in total. The first-order valence-corrected chi connectivity index (χ1v) is 6.72. The number of amides is 1. The molecule has 19 heavy (non-hydrogen) atoms. The zero-order valence-electron chi connectivity index (χ0n) is 11.6. The van der Waals surface area contributed by atoms with Crippen LogP contribution in [0, 0.1) is 5.41 Å². The molecule has 0 aromatic carbocycles. The zero-order valence-corrected chi connectivity index (χ0v) is 13.1. The van der Waals surface area contributed by atoms with E-state index in [0.29, 0.717) is 12.1 Å². The van der Waals surface area contributed by atoms with E-state index in [2.05, 4.69) is 29.0 Å². The van der Waals surface area contributed by atoms with Gasteiger partial charge in [0.1, 0.15) is 10.3 Å². The molecule has 6 heteroatoms. The van der Waals surface area contributed by atoms with E-state index in [1.165, 1.54) is 0 Å². The fourth-order valence-corrected chi connectivity index (χ4v) is 2.34. The number of rotatable bonds is 5. The normalized spacial score (nSPS) is 11.7. The second kappa shape index (κ2) is 6.55. The van der Waals surface area contributed by atoms with E-state index < -0.39 is 0 Å². The third kappa shape index (κ3) is 5.35. The van der Waals surface area contributed by atoms with Gasteiger partial charge in [-0.2, -0.15) is 0 Å². The molecule has 0 bridgehead atoms. The van der Waals surface area contributed by atoms with E-state index in [4.69, 9.17) is 23.2 Å². The van der Waals surface area contributed by atoms with Crippen molar-refractivity contribution in [3.05, 3.63) is 28.0 Å². The lowest BCUT2D eigenvalue weighted by Gasteiger charge is -2.28. The van der Waals surface area contributed by atoms with Crippen LogP contribution in [0.2, 0.25) is 10.3 Å². The van der Waals surface area contributed by atoms with Crippen molar-refractivity contribution in [1.82, 2.24) is 15.2 Å². The number of halogens is 2. The van der Waals surface area contributed by atoms with Crippen LogP contribution in [0.1, 0.15) is 24.2 Å². The molecule has 1 amide bonds. The monoisotopic (exact) mass is 303 g/mol. The van der Waals surface area contributed by atoms with Crippen molar-refractivity contribution in [2.45, 2.75) is 13.8 Å². The average molecular weight is 304 g/mol. The lowest BCUT2D eigenvalue weighted by molar-refractivity contribution is 0.0929. The van der Waals surface area contributed by atoms with Gasteiger partial charge in [0.2, 0.25) is 0 Å². The zero-order chi connectivity index (χ0) is 14.6. The Labute approximate surface area is 124 Å². The molecule has 0 aliphatic rings. The Morgan fingerprint density at radius 3 is 2.53 bits per heavy atom. The quantitative estimate of drug-likeness (QED) is 0.851. The molecule has 0 saturated heterocycles. The SMILES string of the molecule is CN(C)CC(C)(C)CNC(=O)c1ccc(Cl)nc1Cl. The van der Waals surface area contributed by atoms with Gasteiger partial charge in [-0.25, -0.2) is 4.98 Å². The van der Waals surface area contributed by atoms with Gasteiger partial charge in [0.25, 0.3) is 5.91 Å². The maximum atomic E-state index is 12.0. The molecule has 1 N–H and O–H groups in total. The molecule has 0 saturated carbocycles. The summed E-state index contributed by atoms with van der Waals surface area (Å²) in [4.78, 5) is 18.0. The van der Waals surface area contributed by atoms with Gasteiger partial charge in [0.15, 0.2) is 0 Å². The van der Waals surface area contributed by atoms with Crippen LogP contribution in [0.15, 0.2) is 12.1 Å². The Hall–Kier alpha value is -0.840. The van der Waals surface area contributed by atoms with Crippen LogP contribution in [0.5, 0.6) is 0 Å². The largest absolute Gasteiger partial charge is 0.351 e. The Kier molecular flexibility index (Phi) is 5.59. The highest BCUT2D eigenvalue weighted by Gasteiger charge is 2.21. The van der Waals surface area contributed by atoms with Crippen molar-refractivity contribution in [1.29, 1.82) is 0 Å². The van der Waals surface area contributed by atoms with Gasteiger partial charge < -0.3 is 10.2 Å². The molecule has 1 rings (SSSR count). The predicted octanol–water partition coefficient (Wildman–Crippen LogP) is 2.71. The van der Waals surface area contributed by atoms with Gasteiger partial charge >= 0.3 is 0 Å². The standard InChI is InChI=1S/C13H19Cl2N3O/c1-13(2,8-18(3)4)7-16-12(19)9-5-6-10(14)17-11(9)15/h5-6H,7-8H2,1-4H3,(H,16,19). The second-order valence-corrected chi connectivity index (χ2v) is 6.30. The molecule has 1 aromatic heterocycles. The molecule has 0 atom stereocenters. The fourth-order valence-electron chi connectivity index (χ4n) is 1.91. The summed E-state index contributed by atoms with van der Waals surface area (Å²) in [5.41, 5.74) is 0.317. The third-order valence-electron chi connectivity index (χ3n) is 2.53. The summed E-state index contributed by atoms with van der Waals surface area (Å²) >= 11 is 11.6. The highest BCUT2D eigenvalue weighted by molar-refractivity contribution is 6.34. The van der Waals surface area contributed by atoms with E-state index in [1.54, 1.807) is 12.1 Å². The summed E-state index contributed by atoms with van der Waals surface area (Å²) in [6.45, 7) is 5.62. The lowest BCUT2D eigenvalue weighted by atomic mass is 9.93. The molecule has 0 aliphatic heterocycles. The summed E-state index contributed by atoms with van der Waals surface area (Å²) in [5.74, 6) is -0.235. The van der Waals surface area contributed by atoms with Crippen molar-refractivity contribution < 1.29 is 4.79 Å². The minimum absolute atomic E-state index is 0.0223. The summed E-state index contributed by atoms with van der Waals surface area (Å²) in [6.07, 6.45) is 0. The third-order valence-corrected chi connectivity index (χ3v) is 3.03. The van der Waals surface area contributed by atoms with Crippen LogP contribution in [-0.2, 0) is 0 Å². The molecular formula is C13H19Cl2N3O. The molecular weight excluding hydrogens is 285 g/mol. The smallest absolute Gasteiger partial charge is 0.254 e. The van der Waals surface area contributed by atoms with E-state index in [-0.39, 0.29) is 21.6 Å². The van der Waals surface area contributed by atoms with Gasteiger partial charge in [-0.05, 0) is 31.6 Å². The maximum absolute atomic E-state index is 12.0. The van der Waals surface area contributed by atoms with E-state index in [0.717, 1.165) is 6.54 Å². The molecule has 0 fully saturated rings. The van der Waals surface area contributed by atoms with E-state index in [9.17, 15) is 4.79 Å². The van der Waals surface area contributed by atoms with Gasteiger partial charge in [0, 0.05) is 13.1 Å². The Morgan fingerprint density at radius 2 is 2.00 bits per heavy atom. The van der Waals surface area contributed by atoms with Gasteiger partial charge in [-0.3, -0.25) is 4.79 Å². The van der Waals surface area contributed by atoms with Crippen LogP contribution in [0.25, 0.3) is 0 Å². The number of nitrogens with one attached hydrogen (secondary N) is 1. The lowest BCUT2D eigenvalue weighted by Crippen LogP contribution is -2.40. The van der Waals surface area contributed by atoms with Gasteiger partial charge in [-0.1, -0.05) is 37.0 Å². The number of hydrogen-bond donors (Lipinski definition) is 1. The Balaban J connectivity index is 2.65. The number of nitrogens with zero attached hydrogens (tertiary/aromatic N) is 2. The first kappa shape index (κ1) is 16.2. The van der Waals surface area contributed by atoms with Crippen LogP contribution in [-0.4, -0.2) is 43.0 Å². The Morgan fingerprint density at radius 1 is 1.37 bits per heavy atom. The van der Waals surface area contributed by atoms with Crippen LogP contribution in [0.4, 0.5) is 0 Å². The van der Waals surface area contributed by atoms with Crippen LogP contribution < -0.4 is 5.32 Å². The Bertz CT molecular complexity index is 461. The average Bonchev–Trinajstić information content (AvgIpc) is 2.24. The van der Waals surface area contributed by atoms with Crippen molar-refractivity contribution in [2.75, 3.05) is 27.2 Å². The minimum Gasteiger partial charge on any atom is -0.351 e. The maximum Gasteiger partial charge on any atom is 0.254 e. The van der Waals surface area contributed by atoms with E-state index in [1.807, 2.05) is 14.1 Å². The first-order valence-electron chi connectivity index (χ1n) is 5.96. The topological polar surface area (TPSA) is 45.2 Å². The number of hydrogen-bond acceptors (Lipinski definition) is 3. The first-order chi connectivity index (χ1) is 8.71. The summed E-state index contributed by atoms with van der Waals surface area (Å²) in [7, 11) is 4.01. The minimum atomic E-state index is -0.235. The van der Waals surface area contributed by atoms with E-state index >= 15 is 0 Å². The molecule has 0 spiro atoms. The number of pyridine rings is 1. The summed E-state index contributed by atoms with van der Waals surface area (Å²) < 4.78 is 0. The highest BCUT2D eigenvalue weighted by atomic mass is 35.5.